The van der Waals surface area contributed by atoms with E-state index in [1.807, 2.05) is 0 Å². The number of carboxylic acid groups (broad SMARTS) is 1. The highest BCUT2D eigenvalue weighted by atomic mass is 127. The van der Waals surface area contributed by atoms with Crippen LogP contribution >= 0.6 is 22.6 Å². The molecule has 0 unspecified atom stereocenters. The summed E-state index contributed by atoms with van der Waals surface area (Å²) in [6.45, 7) is 0. The molecule has 0 heterocycles. The van der Waals surface area contributed by atoms with Gasteiger partial charge in [-0.2, -0.15) is 0 Å². The molecule has 0 spiro atoms. The van der Waals surface area contributed by atoms with Gasteiger partial charge in [-0.15, -0.1) is 0 Å². The summed E-state index contributed by atoms with van der Waals surface area (Å²) in [7, 11) is 0. The maximum atomic E-state index is 10.7. The molecule has 1 rings (SSSR count). The summed E-state index contributed by atoms with van der Waals surface area (Å²) >= 11 is 2.17. The SMILES string of the molecule is O=C(O)c1ccc(O)cc1CCI. The Morgan fingerprint density at radius 3 is 2.69 bits per heavy atom. The molecule has 0 radical (unpaired) electrons. The molecule has 4 heteroatoms. The lowest BCUT2D eigenvalue weighted by atomic mass is 10.1. The Hall–Kier alpha value is -0.780. The van der Waals surface area contributed by atoms with Gasteiger partial charge in [-0.25, -0.2) is 4.79 Å². The zero-order chi connectivity index (χ0) is 9.84. The Balaban J connectivity index is 3.10. The van der Waals surface area contributed by atoms with Crippen molar-refractivity contribution in [2.24, 2.45) is 0 Å². The number of hydrogen-bond donors (Lipinski definition) is 2. The molecular formula is C9H9IO3. The summed E-state index contributed by atoms with van der Waals surface area (Å²) in [6.07, 6.45) is 0.663. The predicted molar refractivity (Wildman–Crippen MR) is 57.7 cm³/mol. The first-order valence-electron chi connectivity index (χ1n) is 3.76. The standard InChI is InChI=1S/C9H9IO3/c10-4-3-6-5-7(11)1-2-8(6)9(12)13/h1-2,5,11H,3-4H2,(H,12,13). The quantitative estimate of drug-likeness (QED) is 0.662. The molecule has 70 valence electrons. The molecule has 3 nitrogen and oxygen atoms in total. The summed E-state index contributed by atoms with van der Waals surface area (Å²) in [5.41, 5.74) is 0.955. The molecule has 0 aliphatic carbocycles. The van der Waals surface area contributed by atoms with Crippen LogP contribution in [-0.4, -0.2) is 20.6 Å². The van der Waals surface area contributed by atoms with Crippen LogP contribution < -0.4 is 0 Å². The van der Waals surface area contributed by atoms with Gasteiger partial charge in [0, 0.05) is 4.43 Å². The molecule has 0 fully saturated rings. The van der Waals surface area contributed by atoms with Gasteiger partial charge in [-0.1, -0.05) is 22.6 Å². The molecule has 0 saturated carbocycles. The number of hydrogen-bond acceptors (Lipinski definition) is 2. The number of benzene rings is 1. The summed E-state index contributed by atoms with van der Waals surface area (Å²) < 4.78 is 0.835. The average Bonchev–Trinajstić information content (AvgIpc) is 2.04. The second-order valence-corrected chi connectivity index (χ2v) is 3.66. The van der Waals surface area contributed by atoms with Crippen LogP contribution in [0.5, 0.6) is 5.75 Å². The van der Waals surface area contributed by atoms with Crippen LogP contribution in [0.4, 0.5) is 0 Å². The Labute approximate surface area is 89.5 Å². The normalized spacial score (nSPS) is 9.92. The fourth-order valence-corrected chi connectivity index (χ4v) is 1.68. The van der Waals surface area contributed by atoms with E-state index in [4.69, 9.17) is 10.2 Å². The summed E-state index contributed by atoms with van der Waals surface area (Å²) in [5, 5.41) is 17.9. The van der Waals surface area contributed by atoms with Crippen molar-refractivity contribution in [2.75, 3.05) is 4.43 Å². The van der Waals surface area contributed by atoms with Crippen molar-refractivity contribution < 1.29 is 15.0 Å². The predicted octanol–water partition coefficient (Wildman–Crippen LogP) is 2.07. The van der Waals surface area contributed by atoms with Crippen molar-refractivity contribution in [3.8, 4) is 5.75 Å². The van der Waals surface area contributed by atoms with E-state index in [0.29, 0.717) is 12.0 Å². The van der Waals surface area contributed by atoms with Crippen LogP contribution in [-0.2, 0) is 6.42 Å². The minimum absolute atomic E-state index is 0.116. The highest BCUT2D eigenvalue weighted by Crippen LogP contribution is 2.17. The Morgan fingerprint density at radius 2 is 2.15 bits per heavy atom. The first-order valence-corrected chi connectivity index (χ1v) is 5.29. The molecule has 1 aromatic carbocycles. The van der Waals surface area contributed by atoms with Gasteiger partial charge in [-0.05, 0) is 30.2 Å². The van der Waals surface area contributed by atoms with E-state index in [0.717, 1.165) is 4.43 Å². The molecule has 0 aliphatic heterocycles. The van der Waals surface area contributed by atoms with E-state index in [1.165, 1.54) is 18.2 Å². The molecule has 0 amide bonds. The second kappa shape index (κ2) is 4.45. The summed E-state index contributed by atoms with van der Waals surface area (Å²) in [5.74, 6) is -0.829. The van der Waals surface area contributed by atoms with Crippen molar-refractivity contribution in [2.45, 2.75) is 6.42 Å². The van der Waals surface area contributed by atoms with Gasteiger partial charge >= 0.3 is 5.97 Å². The smallest absolute Gasteiger partial charge is 0.335 e. The highest BCUT2D eigenvalue weighted by molar-refractivity contribution is 14.1. The minimum Gasteiger partial charge on any atom is -0.508 e. The lowest BCUT2D eigenvalue weighted by Gasteiger charge is -2.04. The number of carboxylic acids is 1. The molecule has 1 aromatic rings. The van der Waals surface area contributed by atoms with Crippen LogP contribution in [0.25, 0.3) is 0 Å². The van der Waals surface area contributed by atoms with Gasteiger partial charge < -0.3 is 10.2 Å². The van der Waals surface area contributed by atoms with Crippen molar-refractivity contribution in [1.82, 2.24) is 0 Å². The number of phenols is 1. The van der Waals surface area contributed by atoms with Crippen molar-refractivity contribution >= 4 is 28.6 Å². The number of alkyl halides is 1. The maximum Gasteiger partial charge on any atom is 0.335 e. The lowest BCUT2D eigenvalue weighted by molar-refractivity contribution is 0.0696. The van der Waals surface area contributed by atoms with Crippen molar-refractivity contribution in [1.29, 1.82) is 0 Å². The zero-order valence-electron chi connectivity index (χ0n) is 6.83. The first-order chi connectivity index (χ1) is 6.15. The molecule has 13 heavy (non-hydrogen) atoms. The van der Waals surface area contributed by atoms with Crippen LogP contribution in [0.3, 0.4) is 0 Å². The summed E-state index contributed by atoms with van der Waals surface area (Å²) in [4.78, 5) is 10.7. The average molecular weight is 292 g/mol. The van der Waals surface area contributed by atoms with Gasteiger partial charge in [0.2, 0.25) is 0 Å². The number of phenolic OH excluding ortho intramolecular Hbond substituents is 1. The van der Waals surface area contributed by atoms with E-state index in [2.05, 4.69) is 22.6 Å². The van der Waals surface area contributed by atoms with Crippen LogP contribution in [0, 0.1) is 0 Å². The number of aromatic hydroxyl groups is 1. The van der Waals surface area contributed by atoms with E-state index < -0.39 is 5.97 Å². The monoisotopic (exact) mass is 292 g/mol. The molecule has 0 aromatic heterocycles. The van der Waals surface area contributed by atoms with Crippen LogP contribution in [0.2, 0.25) is 0 Å². The number of rotatable bonds is 3. The van der Waals surface area contributed by atoms with Crippen molar-refractivity contribution in [3.63, 3.8) is 0 Å². The molecule has 0 bridgehead atoms. The number of halogens is 1. The van der Waals surface area contributed by atoms with E-state index in [1.54, 1.807) is 0 Å². The zero-order valence-corrected chi connectivity index (χ0v) is 8.98. The first kappa shape index (κ1) is 10.3. The third-order valence-electron chi connectivity index (χ3n) is 1.68. The van der Waals surface area contributed by atoms with Gasteiger partial charge in [-0.3, -0.25) is 0 Å². The molecule has 2 N–H and O–H groups in total. The summed E-state index contributed by atoms with van der Waals surface area (Å²) in [6, 6.07) is 4.32. The Morgan fingerprint density at radius 1 is 1.46 bits per heavy atom. The largest absolute Gasteiger partial charge is 0.508 e. The lowest BCUT2D eigenvalue weighted by Crippen LogP contribution is -2.02. The fourth-order valence-electron chi connectivity index (χ4n) is 1.10. The second-order valence-electron chi connectivity index (χ2n) is 2.59. The number of carbonyl (C=O) groups is 1. The van der Waals surface area contributed by atoms with Crippen LogP contribution in [0.1, 0.15) is 15.9 Å². The van der Waals surface area contributed by atoms with Gasteiger partial charge in [0.1, 0.15) is 5.75 Å². The Kier molecular flexibility index (Phi) is 3.53. The van der Waals surface area contributed by atoms with E-state index in [9.17, 15) is 4.79 Å². The topological polar surface area (TPSA) is 57.5 Å². The van der Waals surface area contributed by atoms with Gasteiger partial charge in [0.25, 0.3) is 0 Å². The molecular weight excluding hydrogens is 283 g/mol. The molecule has 0 saturated heterocycles. The molecule has 0 aliphatic rings. The highest BCUT2D eigenvalue weighted by Gasteiger charge is 2.09. The van der Waals surface area contributed by atoms with Gasteiger partial charge in [0.15, 0.2) is 0 Å². The fraction of sp³-hybridized carbons (Fsp3) is 0.222. The third kappa shape index (κ3) is 2.58. The van der Waals surface area contributed by atoms with Crippen molar-refractivity contribution in [3.05, 3.63) is 29.3 Å². The van der Waals surface area contributed by atoms with E-state index in [-0.39, 0.29) is 11.3 Å². The Bertz CT molecular complexity index is 323. The van der Waals surface area contributed by atoms with E-state index >= 15 is 0 Å². The number of aromatic carboxylic acids is 1. The van der Waals surface area contributed by atoms with Crippen LogP contribution in [0.15, 0.2) is 18.2 Å². The van der Waals surface area contributed by atoms with Gasteiger partial charge in [0.05, 0.1) is 5.56 Å². The third-order valence-corrected chi connectivity index (χ3v) is 2.22. The number of aryl methyl sites for hydroxylation is 1. The minimum atomic E-state index is -0.945. The molecule has 0 atom stereocenters. The maximum absolute atomic E-state index is 10.7.